The van der Waals surface area contributed by atoms with E-state index < -0.39 is 5.72 Å². The molecule has 3 rings (SSSR count). The van der Waals surface area contributed by atoms with Crippen LogP contribution >= 0.6 is 0 Å². The van der Waals surface area contributed by atoms with Crippen molar-refractivity contribution in [3.05, 3.63) is 23.8 Å². The van der Waals surface area contributed by atoms with Crippen LogP contribution in [0.1, 0.15) is 45.7 Å². The highest BCUT2D eigenvalue weighted by Crippen LogP contribution is 2.45. The second-order valence-electron chi connectivity index (χ2n) is 6.08. The van der Waals surface area contributed by atoms with Gasteiger partial charge in [-0.2, -0.15) is 0 Å². The molecule has 0 radical (unpaired) electrons. The van der Waals surface area contributed by atoms with E-state index in [4.69, 9.17) is 9.47 Å². The number of carbonyl (C=O) groups is 1. The zero-order valence-electron chi connectivity index (χ0n) is 13.0. The maximum absolute atomic E-state index is 12.3. The van der Waals surface area contributed by atoms with E-state index in [9.17, 15) is 4.79 Å². The summed E-state index contributed by atoms with van der Waals surface area (Å²) in [6.45, 7) is 8.56. The van der Waals surface area contributed by atoms with Gasteiger partial charge in [-0.1, -0.05) is 0 Å². The molecule has 1 aromatic carbocycles. The Morgan fingerprint density at radius 3 is 2.95 bits per heavy atom. The molecule has 2 heterocycles. The van der Waals surface area contributed by atoms with Gasteiger partial charge in [0, 0.05) is 24.1 Å². The van der Waals surface area contributed by atoms with Gasteiger partial charge in [0.25, 0.3) is 0 Å². The summed E-state index contributed by atoms with van der Waals surface area (Å²) in [5.41, 5.74) is 0.409. The number of benzene rings is 1. The summed E-state index contributed by atoms with van der Waals surface area (Å²) in [6.07, 6.45) is 0.748. The summed E-state index contributed by atoms with van der Waals surface area (Å²) in [6, 6.07) is 5.83. The van der Waals surface area contributed by atoms with Gasteiger partial charge in [-0.3, -0.25) is 4.90 Å². The van der Waals surface area contributed by atoms with E-state index in [1.54, 1.807) is 4.90 Å². The number of nitrogens with one attached hydrogen (secondary N) is 1. The Balaban J connectivity index is 2.01. The number of ether oxygens (including phenoxy) is 2. The molecule has 0 saturated carbocycles. The Hall–Kier alpha value is -1.91. The number of urea groups is 1. The molecule has 0 aliphatic carbocycles. The van der Waals surface area contributed by atoms with Gasteiger partial charge in [0.1, 0.15) is 11.5 Å². The van der Waals surface area contributed by atoms with E-state index in [0.717, 1.165) is 23.5 Å². The molecule has 2 unspecified atom stereocenters. The van der Waals surface area contributed by atoms with E-state index in [2.05, 4.69) is 5.32 Å². The molecule has 1 fully saturated rings. The first-order valence-corrected chi connectivity index (χ1v) is 7.50. The van der Waals surface area contributed by atoms with Crippen LogP contribution in [0.3, 0.4) is 0 Å². The van der Waals surface area contributed by atoms with Crippen LogP contribution in [-0.4, -0.2) is 29.3 Å². The molecular formula is C16H22N2O3. The predicted molar refractivity (Wildman–Crippen MR) is 79.5 cm³/mol. The van der Waals surface area contributed by atoms with Crippen molar-refractivity contribution in [2.75, 3.05) is 6.61 Å². The summed E-state index contributed by atoms with van der Waals surface area (Å²) in [5, 5.41) is 3.08. The first kappa shape index (κ1) is 14.0. The number of hydrogen-bond donors (Lipinski definition) is 1. The molecule has 2 aliphatic heterocycles. The lowest BCUT2D eigenvalue weighted by molar-refractivity contribution is -0.0964. The molecule has 2 aliphatic rings. The van der Waals surface area contributed by atoms with Gasteiger partial charge in [-0.05, 0) is 39.8 Å². The van der Waals surface area contributed by atoms with E-state index in [1.807, 2.05) is 45.9 Å². The summed E-state index contributed by atoms with van der Waals surface area (Å²) >= 11 is 0. The molecule has 21 heavy (non-hydrogen) atoms. The van der Waals surface area contributed by atoms with Crippen molar-refractivity contribution in [2.45, 2.75) is 51.9 Å². The van der Waals surface area contributed by atoms with E-state index in [0.29, 0.717) is 6.61 Å². The Bertz CT molecular complexity index is 573. The maximum Gasteiger partial charge on any atom is 0.321 e. The Labute approximate surface area is 125 Å². The van der Waals surface area contributed by atoms with Crippen LogP contribution in [0.5, 0.6) is 11.5 Å². The minimum atomic E-state index is -0.612. The molecule has 5 heteroatoms. The Morgan fingerprint density at radius 2 is 2.29 bits per heavy atom. The lowest BCUT2D eigenvalue weighted by atomic mass is 9.90. The highest BCUT2D eigenvalue weighted by atomic mass is 16.5. The lowest BCUT2D eigenvalue weighted by Gasteiger charge is -2.52. The van der Waals surface area contributed by atoms with Crippen molar-refractivity contribution in [3.63, 3.8) is 0 Å². The lowest BCUT2D eigenvalue weighted by Crippen LogP contribution is -2.66. The van der Waals surface area contributed by atoms with Gasteiger partial charge >= 0.3 is 6.03 Å². The minimum absolute atomic E-state index is 0.00285. The van der Waals surface area contributed by atoms with E-state index in [1.165, 1.54) is 0 Å². The van der Waals surface area contributed by atoms with Gasteiger partial charge < -0.3 is 14.8 Å². The number of nitrogens with zero attached hydrogens (tertiary/aromatic N) is 1. The highest BCUT2D eigenvalue weighted by Gasteiger charge is 2.49. The van der Waals surface area contributed by atoms with Crippen LogP contribution in [0.2, 0.25) is 0 Å². The second-order valence-corrected chi connectivity index (χ2v) is 6.08. The van der Waals surface area contributed by atoms with Gasteiger partial charge in [0.2, 0.25) is 0 Å². The molecule has 1 aromatic rings. The van der Waals surface area contributed by atoms with Gasteiger partial charge in [0.05, 0.1) is 12.6 Å². The number of rotatable bonds is 3. The summed E-state index contributed by atoms with van der Waals surface area (Å²) in [5.74, 6) is 1.59. The number of amides is 2. The molecule has 0 spiro atoms. The molecular weight excluding hydrogens is 268 g/mol. The van der Waals surface area contributed by atoms with Gasteiger partial charge in [-0.15, -0.1) is 0 Å². The number of carbonyl (C=O) groups excluding carboxylic acids is 1. The third-order valence-corrected chi connectivity index (χ3v) is 4.13. The van der Waals surface area contributed by atoms with E-state index in [-0.39, 0.29) is 18.1 Å². The topological polar surface area (TPSA) is 50.8 Å². The van der Waals surface area contributed by atoms with Gasteiger partial charge in [0.15, 0.2) is 5.72 Å². The fourth-order valence-electron chi connectivity index (χ4n) is 3.41. The molecule has 1 saturated heterocycles. The molecule has 1 N–H and O–H groups in total. The molecule has 2 bridgehead atoms. The normalized spacial score (nSPS) is 27.0. The van der Waals surface area contributed by atoms with Crippen molar-refractivity contribution >= 4 is 6.03 Å². The molecule has 2 amide bonds. The largest absolute Gasteiger partial charge is 0.494 e. The Kier molecular flexibility index (Phi) is 3.23. The highest BCUT2D eigenvalue weighted by molar-refractivity contribution is 5.77. The molecule has 114 valence electrons. The van der Waals surface area contributed by atoms with Crippen LogP contribution in [0.4, 0.5) is 4.79 Å². The van der Waals surface area contributed by atoms with Crippen molar-refractivity contribution in [2.24, 2.45) is 0 Å². The van der Waals surface area contributed by atoms with Crippen LogP contribution in [0, 0.1) is 0 Å². The Morgan fingerprint density at radius 1 is 1.52 bits per heavy atom. The van der Waals surface area contributed by atoms with Crippen molar-refractivity contribution in [1.82, 2.24) is 10.2 Å². The van der Waals surface area contributed by atoms with Crippen molar-refractivity contribution in [1.29, 1.82) is 0 Å². The second kappa shape index (κ2) is 4.83. The van der Waals surface area contributed by atoms with Crippen LogP contribution in [-0.2, 0) is 0 Å². The van der Waals surface area contributed by atoms with Crippen molar-refractivity contribution < 1.29 is 14.3 Å². The number of hydrogen-bond acceptors (Lipinski definition) is 3. The average molecular weight is 290 g/mol. The van der Waals surface area contributed by atoms with Gasteiger partial charge in [-0.25, -0.2) is 4.79 Å². The van der Waals surface area contributed by atoms with Crippen LogP contribution in [0.15, 0.2) is 18.2 Å². The first-order valence-electron chi connectivity index (χ1n) is 7.50. The summed E-state index contributed by atoms with van der Waals surface area (Å²) < 4.78 is 11.7. The zero-order chi connectivity index (χ0) is 15.2. The monoisotopic (exact) mass is 290 g/mol. The minimum Gasteiger partial charge on any atom is -0.494 e. The zero-order valence-corrected chi connectivity index (χ0v) is 13.0. The fraction of sp³-hybridized carbons (Fsp3) is 0.562. The predicted octanol–water partition coefficient (Wildman–Crippen LogP) is 3.06. The number of fused-ring (bicyclic) bond motifs is 4. The third kappa shape index (κ3) is 2.20. The third-order valence-electron chi connectivity index (χ3n) is 4.13. The van der Waals surface area contributed by atoms with Crippen molar-refractivity contribution in [3.8, 4) is 11.5 Å². The fourth-order valence-corrected chi connectivity index (χ4v) is 3.41. The summed E-state index contributed by atoms with van der Waals surface area (Å²) in [7, 11) is 0. The van der Waals surface area contributed by atoms with Crippen LogP contribution in [0.25, 0.3) is 0 Å². The molecule has 5 nitrogen and oxygen atoms in total. The standard InChI is InChI=1S/C16H22N2O3/c1-5-20-11-6-7-12-13-9-16(4,21-14(12)8-11)18(10(2)3)15(19)17-13/h6-8,10,13H,5,9H2,1-4H3,(H,17,19). The van der Waals surface area contributed by atoms with E-state index >= 15 is 0 Å². The average Bonchev–Trinajstić information content (AvgIpc) is 2.36. The first-order chi connectivity index (χ1) is 9.94. The molecule has 2 atom stereocenters. The van der Waals surface area contributed by atoms with Crippen LogP contribution < -0.4 is 14.8 Å². The quantitative estimate of drug-likeness (QED) is 0.930. The summed E-state index contributed by atoms with van der Waals surface area (Å²) in [4.78, 5) is 14.1. The SMILES string of the molecule is CCOc1ccc2c(c1)OC1(C)CC2NC(=O)N1C(C)C. The molecule has 0 aromatic heterocycles. The smallest absolute Gasteiger partial charge is 0.321 e. The maximum atomic E-state index is 12.3.